The average molecular weight is 152 g/mol. The molecule has 1 heteroatoms. The molecule has 2 bridgehead atoms. The van der Waals surface area contributed by atoms with E-state index >= 15 is 0 Å². The van der Waals surface area contributed by atoms with Crippen molar-refractivity contribution in [2.24, 2.45) is 17.3 Å². The van der Waals surface area contributed by atoms with Crippen molar-refractivity contribution in [1.29, 1.82) is 0 Å². The third-order valence-corrected chi connectivity index (χ3v) is 4.64. The lowest BCUT2D eigenvalue weighted by Gasteiger charge is -2.57. The fourth-order valence-electron chi connectivity index (χ4n) is 3.51. The van der Waals surface area contributed by atoms with Crippen LogP contribution in [-0.4, -0.2) is 11.7 Å². The van der Waals surface area contributed by atoms with Crippen LogP contribution in [0.15, 0.2) is 0 Å². The topological polar surface area (TPSA) is 12.5 Å². The number of hydrogen-bond donors (Lipinski definition) is 0. The lowest BCUT2D eigenvalue weighted by atomic mass is 9.46. The van der Waals surface area contributed by atoms with Gasteiger partial charge in [0.1, 0.15) is 0 Å². The molecular formula is C10H16O. The van der Waals surface area contributed by atoms with Crippen molar-refractivity contribution in [3.8, 4) is 0 Å². The molecule has 3 saturated carbocycles. The van der Waals surface area contributed by atoms with E-state index in [1.807, 2.05) is 0 Å². The summed E-state index contributed by atoms with van der Waals surface area (Å²) in [6.45, 7) is 7.13. The smallest absolute Gasteiger partial charge is 0.0953 e. The summed E-state index contributed by atoms with van der Waals surface area (Å²) in [6.07, 6.45) is 3.40. The van der Waals surface area contributed by atoms with E-state index < -0.39 is 0 Å². The minimum Gasteiger partial charge on any atom is -0.366 e. The predicted molar refractivity (Wildman–Crippen MR) is 43.3 cm³/mol. The van der Waals surface area contributed by atoms with Crippen molar-refractivity contribution < 1.29 is 4.74 Å². The standard InChI is InChI=1S/C10H16O/c1-9(2)6-4-7(9)10(3)8(5-6)11-10/h6-8H,4-5H2,1-3H3/t6-,7+,8-,10+/m1/s1. The Labute approximate surface area is 68.1 Å². The Morgan fingerprint density at radius 1 is 1.18 bits per heavy atom. The van der Waals surface area contributed by atoms with Gasteiger partial charge in [0.25, 0.3) is 0 Å². The zero-order valence-electron chi connectivity index (χ0n) is 7.55. The van der Waals surface area contributed by atoms with E-state index in [-0.39, 0.29) is 0 Å². The molecule has 0 N–H and O–H groups in total. The molecule has 1 nitrogen and oxygen atoms in total. The van der Waals surface area contributed by atoms with Gasteiger partial charge in [-0.15, -0.1) is 0 Å². The van der Waals surface area contributed by atoms with Crippen LogP contribution in [0.1, 0.15) is 33.6 Å². The van der Waals surface area contributed by atoms with Gasteiger partial charge >= 0.3 is 0 Å². The molecule has 4 aliphatic rings. The molecule has 0 aromatic carbocycles. The van der Waals surface area contributed by atoms with E-state index in [2.05, 4.69) is 20.8 Å². The van der Waals surface area contributed by atoms with E-state index in [1.165, 1.54) is 12.8 Å². The monoisotopic (exact) mass is 152 g/mol. The van der Waals surface area contributed by atoms with Gasteiger partial charge in [0.05, 0.1) is 11.7 Å². The largest absolute Gasteiger partial charge is 0.366 e. The third-order valence-electron chi connectivity index (χ3n) is 4.64. The molecule has 1 heterocycles. The van der Waals surface area contributed by atoms with Crippen LogP contribution < -0.4 is 0 Å². The molecule has 0 aromatic heterocycles. The second kappa shape index (κ2) is 1.39. The predicted octanol–water partition coefficient (Wildman–Crippen LogP) is 2.21. The maximum absolute atomic E-state index is 5.75. The van der Waals surface area contributed by atoms with Gasteiger partial charge in [0.2, 0.25) is 0 Å². The van der Waals surface area contributed by atoms with Gasteiger partial charge in [0.15, 0.2) is 0 Å². The molecule has 0 unspecified atom stereocenters. The molecular weight excluding hydrogens is 136 g/mol. The molecule has 1 saturated heterocycles. The van der Waals surface area contributed by atoms with Crippen molar-refractivity contribution in [2.45, 2.75) is 45.3 Å². The molecule has 4 rings (SSSR count). The Morgan fingerprint density at radius 2 is 1.91 bits per heavy atom. The highest BCUT2D eigenvalue weighted by Crippen LogP contribution is 2.70. The summed E-state index contributed by atoms with van der Waals surface area (Å²) in [5, 5.41) is 0. The summed E-state index contributed by atoms with van der Waals surface area (Å²) < 4.78 is 5.75. The first-order valence-corrected chi connectivity index (χ1v) is 4.73. The summed E-state index contributed by atoms with van der Waals surface area (Å²) in [6, 6.07) is 0. The van der Waals surface area contributed by atoms with Gasteiger partial charge in [-0.2, -0.15) is 0 Å². The first-order chi connectivity index (χ1) is 5.05. The first kappa shape index (κ1) is 6.47. The fourth-order valence-corrected chi connectivity index (χ4v) is 3.51. The number of rotatable bonds is 0. The van der Waals surface area contributed by atoms with Gasteiger partial charge in [-0.05, 0) is 37.0 Å². The van der Waals surface area contributed by atoms with E-state index in [0.29, 0.717) is 17.1 Å². The fraction of sp³-hybridized carbons (Fsp3) is 1.00. The Bertz CT molecular complexity index is 216. The summed E-state index contributed by atoms with van der Waals surface area (Å²) in [5.74, 6) is 1.83. The highest BCUT2D eigenvalue weighted by atomic mass is 16.6. The van der Waals surface area contributed by atoms with Crippen LogP contribution in [0, 0.1) is 17.3 Å². The van der Waals surface area contributed by atoms with Crippen LogP contribution >= 0.6 is 0 Å². The Kier molecular flexibility index (Phi) is 0.820. The first-order valence-electron chi connectivity index (χ1n) is 4.73. The summed E-state index contributed by atoms with van der Waals surface area (Å²) >= 11 is 0. The van der Waals surface area contributed by atoms with Crippen molar-refractivity contribution in [1.82, 2.24) is 0 Å². The molecule has 4 fully saturated rings. The van der Waals surface area contributed by atoms with Crippen LogP contribution in [0.5, 0.6) is 0 Å². The molecule has 62 valence electrons. The van der Waals surface area contributed by atoms with Crippen LogP contribution in [0.3, 0.4) is 0 Å². The molecule has 4 atom stereocenters. The molecule has 3 aliphatic carbocycles. The second-order valence-electron chi connectivity index (χ2n) is 5.33. The molecule has 0 radical (unpaired) electrons. The highest BCUT2D eigenvalue weighted by molar-refractivity contribution is 5.20. The van der Waals surface area contributed by atoms with E-state index in [9.17, 15) is 0 Å². The van der Waals surface area contributed by atoms with Crippen molar-refractivity contribution in [3.05, 3.63) is 0 Å². The molecule has 0 aromatic rings. The number of ether oxygens (including phenoxy) is 1. The van der Waals surface area contributed by atoms with Gasteiger partial charge in [-0.25, -0.2) is 0 Å². The van der Waals surface area contributed by atoms with Gasteiger partial charge in [-0.1, -0.05) is 13.8 Å². The zero-order chi connectivity index (χ0) is 7.85. The van der Waals surface area contributed by atoms with Crippen molar-refractivity contribution in [3.63, 3.8) is 0 Å². The molecule has 11 heavy (non-hydrogen) atoms. The highest BCUT2D eigenvalue weighted by Gasteiger charge is 2.72. The van der Waals surface area contributed by atoms with E-state index in [0.717, 1.165) is 11.8 Å². The van der Waals surface area contributed by atoms with Crippen molar-refractivity contribution in [2.75, 3.05) is 0 Å². The minimum atomic E-state index is 0.304. The Morgan fingerprint density at radius 3 is 2.36 bits per heavy atom. The SMILES string of the molecule is CC1(C)[C@H]2C[C@H]3O[C@@]3(C)[C@H]1C2. The zero-order valence-corrected chi connectivity index (χ0v) is 7.55. The molecule has 0 spiro atoms. The van der Waals surface area contributed by atoms with E-state index in [1.54, 1.807) is 0 Å². The third kappa shape index (κ3) is 0.516. The summed E-state index contributed by atoms with van der Waals surface area (Å²) in [4.78, 5) is 0. The van der Waals surface area contributed by atoms with E-state index in [4.69, 9.17) is 4.74 Å². The normalized spacial score (nSPS) is 63.0. The summed E-state index contributed by atoms with van der Waals surface area (Å²) in [5.41, 5.74) is 0.889. The van der Waals surface area contributed by atoms with Gasteiger partial charge < -0.3 is 4.74 Å². The second-order valence-corrected chi connectivity index (χ2v) is 5.33. The lowest BCUT2D eigenvalue weighted by Crippen LogP contribution is -2.56. The number of hydrogen-bond acceptors (Lipinski definition) is 1. The summed E-state index contributed by atoms with van der Waals surface area (Å²) in [7, 11) is 0. The van der Waals surface area contributed by atoms with Gasteiger partial charge in [-0.3, -0.25) is 0 Å². The van der Waals surface area contributed by atoms with Gasteiger partial charge in [0, 0.05) is 0 Å². The maximum atomic E-state index is 5.75. The molecule has 0 amide bonds. The maximum Gasteiger partial charge on any atom is 0.0953 e. The Hall–Kier alpha value is -0.0400. The van der Waals surface area contributed by atoms with Crippen LogP contribution in [0.25, 0.3) is 0 Å². The quantitative estimate of drug-likeness (QED) is 0.485. The van der Waals surface area contributed by atoms with Crippen LogP contribution in [0.2, 0.25) is 0 Å². The minimum absolute atomic E-state index is 0.304. The van der Waals surface area contributed by atoms with Crippen LogP contribution in [-0.2, 0) is 4.74 Å². The average Bonchev–Trinajstić information content (AvgIpc) is 2.58. The molecule has 1 aliphatic heterocycles. The number of epoxide rings is 1. The van der Waals surface area contributed by atoms with Crippen molar-refractivity contribution >= 4 is 0 Å². The van der Waals surface area contributed by atoms with Crippen LogP contribution in [0.4, 0.5) is 0 Å². The Balaban J connectivity index is 1.98. The lowest BCUT2D eigenvalue weighted by molar-refractivity contribution is -0.0789.